The smallest absolute Gasteiger partial charge is 0.213 e. The molecule has 2 heterocycles. The van der Waals surface area contributed by atoms with Crippen LogP contribution in [-0.2, 0) is 12.3 Å². The van der Waals surface area contributed by atoms with E-state index in [2.05, 4.69) is 20.2 Å². The fourth-order valence-electron chi connectivity index (χ4n) is 1.91. The Hall–Kier alpha value is -2.81. The van der Waals surface area contributed by atoms with E-state index in [1.165, 1.54) is 58.9 Å². The van der Waals surface area contributed by atoms with Crippen LogP contribution in [0.1, 0.15) is 0 Å². The van der Waals surface area contributed by atoms with Crippen LogP contribution >= 0.6 is 0 Å². The second-order valence-electron chi connectivity index (χ2n) is 4.66. The summed E-state index contributed by atoms with van der Waals surface area (Å²) in [6, 6.07) is 5.52. The topological polar surface area (TPSA) is 90.9 Å². The van der Waals surface area contributed by atoms with Crippen molar-refractivity contribution in [1.29, 1.82) is 0 Å². The molecule has 0 spiro atoms. The average molecular weight is 304 g/mol. The molecule has 1 atom stereocenters. The number of hydrogen-bond donors (Lipinski definition) is 1. The van der Waals surface area contributed by atoms with Crippen molar-refractivity contribution < 1.29 is 14.2 Å². The molecule has 0 radical (unpaired) electrons. The maximum Gasteiger partial charge on any atom is 0.213 e. The fraction of sp³-hybridized carbons (Fsp3) is 0.231. The first-order valence-electron chi connectivity index (χ1n) is 6.44. The molecule has 1 aromatic carbocycles. The SMILES string of the molecule is OC(COc1ccc(F)cc1)(Cn1cncn1)n1cncn1. The van der Waals surface area contributed by atoms with Crippen LogP contribution in [0.5, 0.6) is 5.75 Å². The molecule has 22 heavy (non-hydrogen) atoms. The minimum atomic E-state index is -1.52. The van der Waals surface area contributed by atoms with Crippen molar-refractivity contribution in [3.05, 3.63) is 55.4 Å². The van der Waals surface area contributed by atoms with Gasteiger partial charge in [0.2, 0.25) is 5.72 Å². The van der Waals surface area contributed by atoms with Crippen molar-refractivity contribution in [2.75, 3.05) is 6.61 Å². The van der Waals surface area contributed by atoms with Crippen LogP contribution in [-0.4, -0.2) is 41.2 Å². The standard InChI is InChI=1S/C13H13FN6O2/c14-11-1-3-12(4-2-11)22-6-13(21,20-10-16-8-18-20)5-19-9-15-7-17-19/h1-4,7-10,21H,5-6H2. The van der Waals surface area contributed by atoms with Crippen molar-refractivity contribution in [3.63, 3.8) is 0 Å². The summed E-state index contributed by atoms with van der Waals surface area (Å²) in [6.45, 7) is -0.0561. The summed E-state index contributed by atoms with van der Waals surface area (Å²) in [4.78, 5) is 7.65. The van der Waals surface area contributed by atoms with Crippen LogP contribution in [0.2, 0.25) is 0 Å². The average Bonchev–Trinajstić information content (AvgIpc) is 3.20. The minimum absolute atomic E-state index is 0.0670. The Labute approximate surface area is 124 Å². The molecule has 0 bridgehead atoms. The third-order valence-corrected chi connectivity index (χ3v) is 3.01. The highest BCUT2D eigenvalue weighted by molar-refractivity contribution is 5.22. The van der Waals surface area contributed by atoms with E-state index < -0.39 is 5.72 Å². The zero-order valence-corrected chi connectivity index (χ0v) is 11.4. The molecule has 8 nitrogen and oxygen atoms in total. The predicted molar refractivity (Wildman–Crippen MR) is 72.1 cm³/mol. The summed E-state index contributed by atoms with van der Waals surface area (Å²) < 4.78 is 21.2. The van der Waals surface area contributed by atoms with E-state index in [1.807, 2.05) is 0 Å². The summed E-state index contributed by atoms with van der Waals surface area (Å²) in [6.07, 6.45) is 5.53. The number of rotatable bonds is 6. The van der Waals surface area contributed by atoms with Gasteiger partial charge in [-0.1, -0.05) is 0 Å². The van der Waals surface area contributed by atoms with Gasteiger partial charge in [-0.25, -0.2) is 23.7 Å². The van der Waals surface area contributed by atoms with Gasteiger partial charge in [-0.3, -0.25) is 0 Å². The molecule has 0 amide bonds. The lowest BCUT2D eigenvalue weighted by molar-refractivity contribution is -0.0987. The Morgan fingerprint density at radius 1 is 1.09 bits per heavy atom. The van der Waals surface area contributed by atoms with Crippen LogP contribution in [0, 0.1) is 5.82 Å². The van der Waals surface area contributed by atoms with Crippen molar-refractivity contribution in [2.24, 2.45) is 0 Å². The van der Waals surface area contributed by atoms with Gasteiger partial charge in [0, 0.05) is 0 Å². The number of aromatic nitrogens is 6. The molecular formula is C13H13FN6O2. The highest BCUT2D eigenvalue weighted by atomic mass is 19.1. The van der Waals surface area contributed by atoms with Gasteiger partial charge in [-0.15, -0.1) is 0 Å². The molecule has 2 aromatic heterocycles. The number of hydrogen-bond acceptors (Lipinski definition) is 6. The number of halogens is 1. The van der Waals surface area contributed by atoms with Crippen molar-refractivity contribution in [1.82, 2.24) is 29.5 Å². The number of nitrogens with zero attached hydrogens (tertiary/aromatic N) is 6. The largest absolute Gasteiger partial charge is 0.488 e. The van der Waals surface area contributed by atoms with Crippen LogP contribution in [0.15, 0.2) is 49.6 Å². The lowest BCUT2D eigenvalue weighted by atomic mass is 10.2. The highest BCUT2D eigenvalue weighted by Gasteiger charge is 2.32. The van der Waals surface area contributed by atoms with Gasteiger partial charge in [-0.2, -0.15) is 10.2 Å². The second-order valence-corrected chi connectivity index (χ2v) is 4.66. The molecule has 1 N–H and O–H groups in total. The Morgan fingerprint density at radius 2 is 1.82 bits per heavy atom. The van der Waals surface area contributed by atoms with Crippen LogP contribution in [0.4, 0.5) is 4.39 Å². The predicted octanol–water partition coefficient (Wildman–Crippen LogP) is 0.433. The van der Waals surface area contributed by atoms with E-state index in [0.29, 0.717) is 5.75 Å². The highest BCUT2D eigenvalue weighted by Crippen LogP contribution is 2.18. The maximum atomic E-state index is 12.9. The molecular weight excluding hydrogens is 291 g/mol. The summed E-state index contributed by atoms with van der Waals surface area (Å²) in [5.41, 5.74) is -1.52. The van der Waals surface area contributed by atoms with Crippen molar-refractivity contribution in [2.45, 2.75) is 12.3 Å². The summed E-state index contributed by atoms with van der Waals surface area (Å²) in [5.74, 6) is 0.0695. The van der Waals surface area contributed by atoms with Gasteiger partial charge in [0.25, 0.3) is 0 Å². The molecule has 0 aliphatic heterocycles. The number of aliphatic hydroxyl groups is 1. The summed E-state index contributed by atoms with van der Waals surface area (Å²) >= 11 is 0. The van der Waals surface area contributed by atoms with Gasteiger partial charge < -0.3 is 9.84 Å². The van der Waals surface area contributed by atoms with E-state index in [1.54, 1.807) is 0 Å². The van der Waals surface area contributed by atoms with E-state index in [0.717, 1.165) is 0 Å². The molecule has 3 rings (SSSR count). The van der Waals surface area contributed by atoms with Crippen LogP contribution in [0.3, 0.4) is 0 Å². The minimum Gasteiger partial charge on any atom is -0.488 e. The summed E-state index contributed by atoms with van der Waals surface area (Å²) in [5, 5.41) is 18.7. The Kier molecular flexibility index (Phi) is 3.79. The monoisotopic (exact) mass is 304 g/mol. The van der Waals surface area contributed by atoms with E-state index in [-0.39, 0.29) is 19.0 Å². The van der Waals surface area contributed by atoms with Crippen LogP contribution < -0.4 is 4.74 Å². The fourth-order valence-corrected chi connectivity index (χ4v) is 1.91. The zero-order chi connectivity index (χ0) is 15.4. The van der Waals surface area contributed by atoms with Gasteiger partial charge in [-0.05, 0) is 24.3 Å². The van der Waals surface area contributed by atoms with Gasteiger partial charge in [0.05, 0.1) is 6.54 Å². The Bertz CT molecular complexity index is 701. The van der Waals surface area contributed by atoms with Crippen LogP contribution in [0.25, 0.3) is 0 Å². The molecule has 0 fully saturated rings. The molecule has 0 saturated heterocycles. The lowest BCUT2D eigenvalue weighted by Gasteiger charge is -2.27. The molecule has 114 valence electrons. The van der Waals surface area contributed by atoms with Gasteiger partial charge >= 0.3 is 0 Å². The number of benzene rings is 1. The molecule has 9 heteroatoms. The van der Waals surface area contributed by atoms with E-state index in [4.69, 9.17) is 4.74 Å². The van der Waals surface area contributed by atoms with Gasteiger partial charge in [0.15, 0.2) is 0 Å². The first-order chi connectivity index (χ1) is 10.7. The van der Waals surface area contributed by atoms with Crippen molar-refractivity contribution >= 4 is 0 Å². The normalized spacial score (nSPS) is 13.7. The Morgan fingerprint density at radius 3 is 2.45 bits per heavy atom. The first-order valence-corrected chi connectivity index (χ1v) is 6.44. The third-order valence-electron chi connectivity index (χ3n) is 3.01. The van der Waals surface area contributed by atoms with E-state index >= 15 is 0 Å². The second kappa shape index (κ2) is 5.90. The summed E-state index contributed by atoms with van der Waals surface area (Å²) in [7, 11) is 0. The lowest BCUT2D eigenvalue weighted by Crippen LogP contribution is -2.44. The maximum absolute atomic E-state index is 12.9. The molecule has 0 aliphatic rings. The molecule has 0 aliphatic carbocycles. The number of ether oxygens (including phenoxy) is 1. The zero-order valence-electron chi connectivity index (χ0n) is 11.4. The molecule has 1 unspecified atom stereocenters. The third kappa shape index (κ3) is 3.09. The Balaban J connectivity index is 1.78. The molecule has 0 saturated carbocycles. The van der Waals surface area contributed by atoms with E-state index in [9.17, 15) is 9.50 Å². The van der Waals surface area contributed by atoms with Gasteiger partial charge in [0.1, 0.15) is 43.5 Å². The first kappa shape index (κ1) is 14.1. The quantitative estimate of drug-likeness (QED) is 0.710. The molecule has 3 aromatic rings. The van der Waals surface area contributed by atoms with Crippen molar-refractivity contribution in [3.8, 4) is 5.75 Å².